The van der Waals surface area contributed by atoms with Gasteiger partial charge in [-0.1, -0.05) is 24.3 Å². The van der Waals surface area contributed by atoms with Gasteiger partial charge in [-0.15, -0.1) is 0 Å². The molecule has 6 nitrogen and oxygen atoms in total. The van der Waals surface area contributed by atoms with Crippen LogP contribution in [-0.2, 0) is 6.54 Å². The highest BCUT2D eigenvalue weighted by Crippen LogP contribution is 2.43. The van der Waals surface area contributed by atoms with Crippen molar-refractivity contribution in [3.63, 3.8) is 0 Å². The molecule has 0 bridgehead atoms. The minimum absolute atomic E-state index is 0.0762. The van der Waals surface area contributed by atoms with Crippen LogP contribution in [0.25, 0.3) is 0 Å². The van der Waals surface area contributed by atoms with Gasteiger partial charge in [-0.25, -0.2) is 4.98 Å². The molecule has 4 atom stereocenters. The first kappa shape index (κ1) is 19.1. The van der Waals surface area contributed by atoms with Gasteiger partial charge in [-0.05, 0) is 42.9 Å². The van der Waals surface area contributed by atoms with Crippen LogP contribution in [-0.4, -0.2) is 46.0 Å². The first-order valence-electron chi connectivity index (χ1n) is 10.7. The van der Waals surface area contributed by atoms with Crippen molar-refractivity contribution >= 4 is 0 Å². The highest BCUT2D eigenvalue weighted by atomic mass is 16.5. The molecule has 0 spiro atoms. The summed E-state index contributed by atoms with van der Waals surface area (Å²) in [5.41, 5.74) is 1.25. The molecule has 1 saturated heterocycles. The molecular formula is C24H28N4O2. The number of hydrogen-bond donors (Lipinski definition) is 0. The molecule has 0 unspecified atom stereocenters. The quantitative estimate of drug-likeness (QED) is 0.625. The molecule has 3 heterocycles. The fraction of sp³-hybridized carbons (Fsp3) is 0.417. The van der Waals surface area contributed by atoms with Crippen LogP contribution in [0.5, 0.6) is 11.6 Å². The maximum atomic E-state index is 6.38. The molecule has 1 saturated carbocycles. The van der Waals surface area contributed by atoms with Gasteiger partial charge >= 0.3 is 0 Å². The SMILES string of the molecule is COc1ccccc1CN1C[C@H]2C[C@H](Oc3ccccn3)[C@@H](n3cccn3)C[C@H]2C1. The lowest BCUT2D eigenvalue weighted by Crippen LogP contribution is -2.40. The highest BCUT2D eigenvalue weighted by molar-refractivity contribution is 5.33. The second-order valence-corrected chi connectivity index (χ2v) is 8.38. The number of rotatable bonds is 6. The summed E-state index contributed by atoms with van der Waals surface area (Å²) in [6.07, 6.45) is 7.87. The van der Waals surface area contributed by atoms with Crippen molar-refractivity contribution in [1.82, 2.24) is 19.7 Å². The van der Waals surface area contributed by atoms with Gasteiger partial charge in [0.15, 0.2) is 0 Å². The summed E-state index contributed by atoms with van der Waals surface area (Å²) in [4.78, 5) is 6.95. The standard InChI is InChI=1S/C24H28N4O2/c1-29-22-8-3-2-7-18(22)15-27-16-19-13-21(28-12-6-11-26-28)23(14-20(19)17-27)30-24-9-4-5-10-25-24/h2-12,19-21,23H,13-17H2,1H3/t19-,20+,21-,23-/m0/s1. The summed E-state index contributed by atoms with van der Waals surface area (Å²) in [6.45, 7) is 3.13. The van der Waals surface area contributed by atoms with Crippen molar-refractivity contribution in [2.75, 3.05) is 20.2 Å². The summed E-state index contributed by atoms with van der Waals surface area (Å²) in [6, 6.07) is 16.4. The Balaban J connectivity index is 1.32. The number of methoxy groups -OCH3 is 1. The number of aromatic nitrogens is 3. The molecule has 1 aliphatic carbocycles. The van der Waals surface area contributed by atoms with Crippen LogP contribution in [0.15, 0.2) is 67.1 Å². The van der Waals surface area contributed by atoms with Crippen LogP contribution >= 0.6 is 0 Å². The summed E-state index contributed by atoms with van der Waals surface area (Å²) < 4.78 is 14.0. The van der Waals surface area contributed by atoms with Crippen LogP contribution in [0.3, 0.4) is 0 Å². The Kier molecular flexibility index (Phi) is 5.41. The van der Waals surface area contributed by atoms with Crippen molar-refractivity contribution in [1.29, 1.82) is 0 Å². The molecule has 1 aliphatic heterocycles. The van der Waals surface area contributed by atoms with E-state index in [1.54, 1.807) is 13.3 Å². The minimum atomic E-state index is 0.0762. The van der Waals surface area contributed by atoms with E-state index in [9.17, 15) is 0 Å². The largest absolute Gasteiger partial charge is 0.496 e. The van der Waals surface area contributed by atoms with Gasteiger partial charge in [0.05, 0.1) is 13.2 Å². The zero-order valence-electron chi connectivity index (χ0n) is 17.3. The van der Waals surface area contributed by atoms with Crippen LogP contribution in [0.1, 0.15) is 24.4 Å². The Morgan fingerprint density at radius 1 is 0.967 bits per heavy atom. The molecule has 0 N–H and O–H groups in total. The Labute approximate surface area is 177 Å². The van der Waals surface area contributed by atoms with E-state index in [1.807, 2.05) is 42.6 Å². The minimum Gasteiger partial charge on any atom is -0.496 e. The number of benzene rings is 1. The molecule has 156 valence electrons. The molecule has 5 rings (SSSR count). The zero-order valence-corrected chi connectivity index (χ0v) is 17.3. The maximum absolute atomic E-state index is 6.38. The number of fused-ring (bicyclic) bond motifs is 1. The lowest BCUT2D eigenvalue weighted by molar-refractivity contribution is 0.0459. The topological polar surface area (TPSA) is 52.4 Å². The second kappa shape index (κ2) is 8.48. The van der Waals surface area contributed by atoms with E-state index >= 15 is 0 Å². The predicted molar refractivity (Wildman–Crippen MR) is 114 cm³/mol. The number of ether oxygens (including phenoxy) is 2. The molecule has 2 aromatic heterocycles. The molecule has 0 radical (unpaired) electrons. The van der Waals surface area contributed by atoms with Gasteiger partial charge in [-0.2, -0.15) is 5.10 Å². The van der Waals surface area contributed by atoms with Gasteiger partial charge in [-0.3, -0.25) is 9.58 Å². The molecular weight excluding hydrogens is 376 g/mol. The Morgan fingerprint density at radius 2 is 1.80 bits per heavy atom. The Morgan fingerprint density at radius 3 is 2.57 bits per heavy atom. The van der Waals surface area contributed by atoms with Crippen LogP contribution in [0.4, 0.5) is 0 Å². The van der Waals surface area contributed by atoms with Crippen LogP contribution in [0.2, 0.25) is 0 Å². The third kappa shape index (κ3) is 3.92. The average molecular weight is 405 g/mol. The number of hydrogen-bond acceptors (Lipinski definition) is 5. The Hall–Kier alpha value is -2.86. The monoisotopic (exact) mass is 404 g/mol. The third-order valence-corrected chi connectivity index (χ3v) is 6.52. The van der Waals surface area contributed by atoms with Gasteiger partial charge < -0.3 is 9.47 Å². The molecule has 6 heteroatoms. The fourth-order valence-corrected chi connectivity index (χ4v) is 5.14. The van der Waals surface area contributed by atoms with E-state index in [4.69, 9.17) is 9.47 Å². The van der Waals surface area contributed by atoms with Gasteiger partial charge in [0.2, 0.25) is 5.88 Å². The lowest BCUT2D eigenvalue weighted by atomic mass is 9.77. The molecule has 2 aliphatic rings. The number of pyridine rings is 1. The van der Waals surface area contributed by atoms with E-state index in [0.717, 1.165) is 38.2 Å². The van der Waals surface area contributed by atoms with Crippen molar-refractivity contribution in [3.8, 4) is 11.6 Å². The first-order chi connectivity index (χ1) is 14.8. The molecule has 1 aromatic carbocycles. The van der Waals surface area contributed by atoms with E-state index in [-0.39, 0.29) is 12.1 Å². The van der Waals surface area contributed by atoms with Crippen molar-refractivity contribution in [2.24, 2.45) is 11.8 Å². The van der Waals surface area contributed by atoms with E-state index in [0.29, 0.717) is 17.7 Å². The van der Waals surface area contributed by atoms with E-state index in [2.05, 4.69) is 38.0 Å². The zero-order chi connectivity index (χ0) is 20.3. The smallest absolute Gasteiger partial charge is 0.213 e. The van der Waals surface area contributed by atoms with E-state index < -0.39 is 0 Å². The fourth-order valence-electron chi connectivity index (χ4n) is 5.14. The van der Waals surface area contributed by atoms with Gasteiger partial charge in [0.1, 0.15) is 11.9 Å². The van der Waals surface area contributed by atoms with Gasteiger partial charge in [0, 0.05) is 49.9 Å². The van der Waals surface area contributed by atoms with Gasteiger partial charge in [0.25, 0.3) is 0 Å². The first-order valence-corrected chi connectivity index (χ1v) is 10.7. The lowest BCUT2D eigenvalue weighted by Gasteiger charge is -2.37. The maximum Gasteiger partial charge on any atom is 0.213 e. The number of para-hydroxylation sites is 1. The molecule has 2 fully saturated rings. The Bertz CT molecular complexity index is 947. The van der Waals surface area contributed by atoms with E-state index in [1.165, 1.54) is 5.56 Å². The molecule has 0 amide bonds. The van der Waals surface area contributed by atoms with Crippen LogP contribution in [0, 0.1) is 11.8 Å². The highest BCUT2D eigenvalue weighted by Gasteiger charge is 2.44. The average Bonchev–Trinajstić information content (AvgIpc) is 3.44. The molecule has 30 heavy (non-hydrogen) atoms. The number of likely N-dealkylation sites (tertiary alicyclic amines) is 1. The summed E-state index contributed by atoms with van der Waals surface area (Å²) in [7, 11) is 1.75. The summed E-state index contributed by atoms with van der Waals surface area (Å²) in [5, 5.41) is 4.54. The predicted octanol–water partition coefficient (Wildman–Crippen LogP) is 3.82. The third-order valence-electron chi connectivity index (χ3n) is 6.52. The van der Waals surface area contributed by atoms with Crippen molar-refractivity contribution in [2.45, 2.75) is 31.5 Å². The molecule has 3 aromatic rings. The van der Waals surface area contributed by atoms with Crippen molar-refractivity contribution < 1.29 is 9.47 Å². The second-order valence-electron chi connectivity index (χ2n) is 8.38. The number of nitrogens with zero attached hydrogens (tertiary/aromatic N) is 4. The summed E-state index contributed by atoms with van der Waals surface area (Å²) in [5.74, 6) is 2.94. The normalized spacial score (nSPS) is 26.3. The van der Waals surface area contributed by atoms with Crippen molar-refractivity contribution in [3.05, 3.63) is 72.7 Å². The van der Waals surface area contributed by atoms with Crippen LogP contribution < -0.4 is 9.47 Å². The summed E-state index contributed by atoms with van der Waals surface area (Å²) >= 11 is 0.